The van der Waals surface area contributed by atoms with Crippen molar-refractivity contribution >= 4 is 11.7 Å². The first-order chi connectivity index (χ1) is 6.70. The minimum atomic E-state index is -0.940. The lowest BCUT2D eigenvalue weighted by atomic mass is 9.97. The van der Waals surface area contributed by atoms with Gasteiger partial charge in [0.05, 0.1) is 11.3 Å². The van der Waals surface area contributed by atoms with Crippen LogP contribution in [0, 0.1) is 0 Å². The Bertz CT molecular complexity index is 387. The van der Waals surface area contributed by atoms with E-state index in [1.54, 1.807) is 0 Å². The van der Waals surface area contributed by atoms with Crippen LogP contribution in [0.15, 0.2) is 12.1 Å². The molecular formula is C10H11NO3. The summed E-state index contributed by atoms with van der Waals surface area (Å²) in [6, 6.07) is 2.87. The van der Waals surface area contributed by atoms with E-state index in [0.717, 1.165) is 13.0 Å². The van der Waals surface area contributed by atoms with Gasteiger partial charge in [0.25, 0.3) is 0 Å². The van der Waals surface area contributed by atoms with Crippen molar-refractivity contribution < 1.29 is 15.0 Å². The lowest BCUT2D eigenvalue weighted by Gasteiger charge is -2.20. The van der Waals surface area contributed by atoms with E-state index >= 15 is 0 Å². The number of aromatic carboxylic acids is 1. The molecule has 0 spiro atoms. The third-order valence-corrected chi connectivity index (χ3v) is 2.43. The number of phenolic OH excluding ortho intramolecular Hbond substituents is 1. The number of benzene rings is 1. The Kier molecular flexibility index (Phi) is 2.04. The van der Waals surface area contributed by atoms with Crippen LogP contribution in [0.1, 0.15) is 22.3 Å². The van der Waals surface area contributed by atoms with E-state index < -0.39 is 5.97 Å². The molecule has 0 aliphatic carbocycles. The quantitative estimate of drug-likeness (QED) is 0.590. The molecule has 1 aromatic carbocycles. The molecule has 2 rings (SSSR count). The lowest BCUT2D eigenvalue weighted by molar-refractivity contribution is 0.0695. The van der Waals surface area contributed by atoms with Gasteiger partial charge in [-0.05, 0) is 30.5 Å². The molecule has 3 N–H and O–H groups in total. The summed E-state index contributed by atoms with van der Waals surface area (Å²) in [6.07, 6.45) is 1.61. The summed E-state index contributed by atoms with van der Waals surface area (Å²) in [4.78, 5) is 10.9. The van der Waals surface area contributed by atoms with Crippen LogP contribution < -0.4 is 5.32 Å². The molecule has 0 bridgehead atoms. The third kappa shape index (κ3) is 1.28. The highest BCUT2D eigenvalue weighted by Crippen LogP contribution is 2.33. The molecule has 14 heavy (non-hydrogen) atoms. The summed E-state index contributed by atoms with van der Waals surface area (Å²) >= 11 is 0. The normalized spacial score (nSPS) is 14.3. The monoisotopic (exact) mass is 193 g/mol. The van der Waals surface area contributed by atoms with Crippen LogP contribution in [0.3, 0.4) is 0 Å². The molecule has 4 nitrogen and oxygen atoms in total. The molecule has 0 amide bonds. The molecule has 0 saturated carbocycles. The van der Waals surface area contributed by atoms with Gasteiger partial charge in [0.15, 0.2) is 0 Å². The van der Waals surface area contributed by atoms with Crippen LogP contribution in [-0.4, -0.2) is 22.7 Å². The second-order valence-electron chi connectivity index (χ2n) is 3.32. The number of hydrogen-bond donors (Lipinski definition) is 3. The summed E-state index contributed by atoms with van der Waals surface area (Å²) in [6.45, 7) is 0.781. The Labute approximate surface area is 81.2 Å². The minimum absolute atomic E-state index is 0.129. The molecule has 1 heterocycles. The topological polar surface area (TPSA) is 69.6 Å². The SMILES string of the molecule is O=C(O)c1ccc(O)c2c1CCCN2. The second-order valence-corrected chi connectivity index (χ2v) is 3.32. The Hall–Kier alpha value is -1.71. The zero-order chi connectivity index (χ0) is 10.1. The van der Waals surface area contributed by atoms with Crippen molar-refractivity contribution in [2.75, 3.05) is 11.9 Å². The maximum Gasteiger partial charge on any atom is 0.336 e. The summed E-state index contributed by atoms with van der Waals surface area (Å²) in [5.41, 5.74) is 1.57. The molecular weight excluding hydrogens is 182 g/mol. The highest BCUT2D eigenvalue weighted by atomic mass is 16.4. The van der Waals surface area contributed by atoms with Gasteiger partial charge in [-0.2, -0.15) is 0 Å². The maximum absolute atomic E-state index is 10.9. The van der Waals surface area contributed by atoms with E-state index in [1.165, 1.54) is 12.1 Å². The molecule has 0 radical (unpaired) electrons. The Morgan fingerprint density at radius 2 is 2.21 bits per heavy atom. The van der Waals surface area contributed by atoms with E-state index in [0.29, 0.717) is 17.7 Å². The van der Waals surface area contributed by atoms with Gasteiger partial charge in [-0.1, -0.05) is 0 Å². The standard InChI is InChI=1S/C10H11NO3/c12-8-4-3-7(10(13)14)6-2-1-5-11-9(6)8/h3-4,11-12H,1-2,5H2,(H,13,14). The molecule has 1 aliphatic heterocycles. The number of carboxylic acids is 1. The zero-order valence-corrected chi connectivity index (χ0v) is 7.58. The molecule has 74 valence electrons. The molecule has 0 aromatic heterocycles. The maximum atomic E-state index is 10.9. The molecule has 4 heteroatoms. The predicted molar refractivity (Wildman–Crippen MR) is 51.9 cm³/mol. The van der Waals surface area contributed by atoms with Crippen LogP contribution in [-0.2, 0) is 6.42 Å². The average molecular weight is 193 g/mol. The van der Waals surface area contributed by atoms with Gasteiger partial charge in [0.1, 0.15) is 5.75 Å². The Morgan fingerprint density at radius 3 is 2.93 bits per heavy atom. The van der Waals surface area contributed by atoms with Crippen molar-refractivity contribution in [2.45, 2.75) is 12.8 Å². The number of nitrogens with one attached hydrogen (secondary N) is 1. The number of fused-ring (bicyclic) bond motifs is 1. The van der Waals surface area contributed by atoms with Crippen LogP contribution in [0.25, 0.3) is 0 Å². The van der Waals surface area contributed by atoms with E-state index in [-0.39, 0.29) is 11.3 Å². The molecule has 0 unspecified atom stereocenters. The van der Waals surface area contributed by atoms with Gasteiger partial charge in [-0.25, -0.2) is 4.79 Å². The van der Waals surface area contributed by atoms with E-state index in [2.05, 4.69) is 5.32 Å². The van der Waals surface area contributed by atoms with Crippen molar-refractivity contribution in [3.05, 3.63) is 23.3 Å². The molecule has 1 aromatic rings. The number of rotatable bonds is 1. The molecule has 0 saturated heterocycles. The van der Waals surface area contributed by atoms with Crippen molar-refractivity contribution in [1.29, 1.82) is 0 Å². The van der Waals surface area contributed by atoms with Crippen molar-refractivity contribution in [1.82, 2.24) is 0 Å². The first-order valence-electron chi connectivity index (χ1n) is 4.52. The zero-order valence-electron chi connectivity index (χ0n) is 7.58. The fourth-order valence-electron chi connectivity index (χ4n) is 1.77. The Morgan fingerprint density at radius 1 is 1.43 bits per heavy atom. The highest BCUT2D eigenvalue weighted by molar-refractivity contribution is 5.92. The largest absolute Gasteiger partial charge is 0.506 e. The lowest BCUT2D eigenvalue weighted by Crippen LogP contribution is -2.15. The van der Waals surface area contributed by atoms with Gasteiger partial charge in [-0.15, -0.1) is 0 Å². The predicted octanol–water partition coefficient (Wildman–Crippen LogP) is 1.45. The van der Waals surface area contributed by atoms with Crippen LogP contribution in [0.2, 0.25) is 0 Å². The smallest absolute Gasteiger partial charge is 0.336 e. The number of hydrogen-bond acceptors (Lipinski definition) is 3. The van der Waals surface area contributed by atoms with Crippen molar-refractivity contribution in [2.24, 2.45) is 0 Å². The first kappa shape index (κ1) is 8.87. The highest BCUT2D eigenvalue weighted by Gasteiger charge is 2.19. The number of carboxylic acid groups (broad SMARTS) is 1. The van der Waals surface area contributed by atoms with Crippen molar-refractivity contribution in [3.8, 4) is 5.75 Å². The van der Waals surface area contributed by atoms with Gasteiger partial charge in [0.2, 0.25) is 0 Å². The van der Waals surface area contributed by atoms with E-state index in [4.69, 9.17) is 5.11 Å². The van der Waals surface area contributed by atoms with Crippen LogP contribution in [0.4, 0.5) is 5.69 Å². The minimum Gasteiger partial charge on any atom is -0.506 e. The number of carbonyl (C=O) groups is 1. The Balaban J connectivity index is 2.59. The number of aromatic hydroxyl groups is 1. The second kappa shape index (κ2) is 3.21. The van der Waals surface area contributed by atoms with Gasteiger partial charge in [0, 0.05) is 6.54 Å². The molecule has 1 aliphatic rings. The summed E-state index contributed by atoms with van der Waals surface area (Å²) in [5, 5.41) is 21.4. The van der Waals surface area contributed by atoms with Gasteiger partial charge >= 0.3 is 5.97 Å². The first-order valence-corrected chi connectivity index (χ1v) is 4.52. The number of phenols is 1. The summed E-state index contributed by atoms with van der Waals surface area (Å²) in [7, 11) is 0. The van der Waals surface area contributed by atoms with E-state index in [1.807, 2.05) is 0 Å². The van der Waals surface area contributed by atoms with Gasteiger partial charge < -0.3 is 15.5 Å². The van der Waals surface area contributed by atoms with E-state index in [9.17, 15) is 9.90 Å². The average Bonchev–Trinajstić information content (AvgIpc) is 2.18. The molecule has 0 fully saturated rings. The van der Waals surface area contributed by atoms with Crippen molar-refractivity contribution in [3.63, 3.8) is 0 Å². The summed E-state index contributed by atoms with van der Waals surface area (Å²) < 4.78 is 0. The third-order valence-electron chi connectivity index (χ3n) is 2.43. The fourth-order valence-corrected chi connectivity index (χ4v) is 1.77. The van der Waals surface area contributed by atoms with Crippen LogP contribution >= 0.6 is 0 Å². The van der Waals surface area contributed by atoms with Gasteiger partial charge in [-0.3, -0.25) is 0 Å². The van der Waals surface area contributed by atoms with Crippen LogP contribution in [0.5, 0.6) is 5.75 Å². The number of anilines is 1. The fraction of sp³-hybridized carbons (Fsp3) is 0.300. The summed E-state index contributed by atoms with van der Waals surface area (Å²) in [5.74, 6) is -0.811. The molecule has 0 atom stereocenters.